The van der Waals surface area contributed by atoms with Crippen LogP contribution in [0, 0.1) is 0 Å². The van der Waals surface area contributed by atoms with Crippen molar-refractivity contribution >= 4 is 11.2 Å². The lowest BCUT2D eigenvalue weighted by Gasteiger charge is -2.36. The van der Waals surface area contributed by atoms with E-state index in [0.29, 0.717) is 6.04 Å². The summed E-state index contributed by atoms with van der Waals surface area (Å²) in [4.78, 5) is 9.62. The maximum absolute atomic E-state index is 5.01. The second-order valence-corrected chi connectivity index (χ2v) is 6.27. The highest BCUT2D eigenvalue weighted by Crippen LogP contribution is 2.44. The zero-order chi connectivity index (χ0) is 13.6. The molecule has 0 amide bonds. The minimum absolute atomic E-state index is 0.245. The van der Waals surface area contributed by atoms with Gasteiger partial charge in [0.25, 0.3) is 0 Å². The third-order valence-electron chi connectivity index (χ3n) is 5.07. The first-order chi connectivity index (χ1) is 9.84. The first-order valence-electron chi connectivity index (χ1n) is 7.88. The van der Waals surface area contributed by atoms with E-state index >= 15 is 0 Å². The van der Waals surface area contributed by atoms with Gasteiger partial charge in [-0.25, -0.2) is 9.97 Å². The minimum Gasteiger partial charge on any atom is -0.317 e. The molecule has 0 bridgehead atoms. The highest BCUT2D eigenvalue weighted by atomic mass is 15.2. The van der Waals surface area contributed by atoms with Gasteiger partial charge in [0.05, 0.1) is 0 Å². The molecule has 0 atom stereocenters. The Morgan fingerprint density at radius 3 is 2.85 bits per heavy atom. The van der Waals surface area contributed by atoms with E-state index in [0.717, 1.165) is 24.3 Å². The molecule has 4 nitrogen and oxygen atoms in total. The van der Waals surface area contributed by atoms with Gasteiger partial charge in [-0.3, -0.25) is 0 Å². The van der Waals surface area contributed by atoms with Crippen molar-refractivity contribution in [3.63, 3.8) is 0 Å². The predicted octanol–water partition coefficient (Wildman–Crippen LogP) is 2.80. The third-order valence-corrected chi connectivity index (χ3v) is 5.07. The van der Waals surface area contributed by atoms with Crippen molar-refractivity contribution in [3.8, 4) is 0 Å². The molecule has 2 fully saturated rings. The molecule has 2 aromatic rings. The van der Waals surface area contributed by atoms with Gasteiger partial charge >= 0.3 is 0 Å². The van der Waals surface area contributed by atoms with Gasteiger partial charge in [0.2, 0.25) is 0 Å². The summed E-state index contributed by atoms with van der Waals surface area (Å²) in [6.07, 6.45) is 8.03. The Balaban J connectivity index is 1.91. The molecular weight excluding hydrogens is 248 g/mol. The molecule has 2 aliphatic rings. The molecule has 0 radical (unpaired) electrons. The lowest BCUT2D eigenvalue weighted by molar-refractivity contribution is 0.274. The molecule has 0 aromatic carbocycles. The van der Waals surface area contributed by atoms with Crippen LogP contribution < -0.4 is 5.32 Å². The zero-order valence-corrected chi connectivity index (χ0v) is 12.1. The first kappa shape index (κ1) is 12.3. The van der Waals surface area contributed by atoms with Crippen LogP contribution in [0.1, 0.15) is 50.9 Å². The van der Waals surface area contributed by atoms with Crippen LogP contribution in [0.3, 0.4) is 0 Å². The van der Waals surface area contributed by atoms with Crippen molar-refractivity contribution in [2.24, 2.45) is 0 Å². The summed E-state index contributed by atoms with van der Waals surface area (Å²) in [5.41, 5.74) is 2.41. The standard InChI is InChI=1S/C16H22N4/c1-2-16(7-10-17-11-8-16)15-19-13-4-3-9-18-14(13)20(15)12-5-6-12/h3-4,9,12,17H,2,5-8,10-11H2,1H3. The molecule has 2 aromatic heterocycles. The Hall–Kier alpha value is -1.42. The molecule has 1 aliphatic heterocycles. The molecule has 1 N–H and O–H groups in total. The van der Waals surface area contributed by atoms with Crippen LogP contribution in [0.5, 0.6) is 0 Å². The topological polar surface area (TPSA) is 42.7 Å². The van der Waals surface area contributed by atoms with Crippen molar-refractivity contribution in [3.05, 3.63) is 24.2 Å². The number of nitrogens with zero attached hydrogens (tertiary/aromatic N) is 3. The molecule has 1 saturated carbocycles. The summed E-state index contributed by atoms with van der Waals surface area (Å²) in [5, 5.41) is 3.49. The SMILES string of the molecule is CCC1(c2nc3cccnc3n2C2CC2)CCNCC1. The highest BCUT2D eigenvalue weighted by Gasteiger charge is 2.40. The average Bonchev–Trinajstić information content (AvgIpc) is 3.27. The van der Waals surface area contributed by atoms with Gasteiger partial charge in [-0.2, -0.15) is 0 Å². The summed E-state index contributed by atoms with van der Waals surface area (Å²) in [6, 6.07) is 4.75. The average molecular weight is 270 g/mol. The monoisotopic (exact) mass is 270 g/mol. The molecule has 0 spiro atoms. The maximum atomic E-state index is 5.01. The fraction of sp³-hybridized carbons (Fsp3) is 0.625. The number of piperidine rings is 1. The van der Waals surface area contributed by atoms with E-state index in [1.165, 1.54) is 37.9 Å². The number of fused-ring (bicyclic) bond motifs is 1. The maximum Gasteiger partial charge on any atom is 0.160 e. The van der Waals surface area contributed by atoms with E-state index in [-0.39, 0.29) is 5.41 Å². The summed E-state index contributed by atoms with van der Waals surface area (Å²) in [5.74, 6) is 1.30. The molecule has 4 rings (SSSR count). The quantitative estimate of drug-likeness (QED) is 0.932. The normalized spacial score (nSPS) is 22.2. The summed E-state index contributed by atoms with van der Waals surface area (Å²) in [6.45, 7) is 4.53. The van der Waals surface area contributed by atoms with Gasteiger partial charge in [0, 0.05) is 17.7 Å². The Morgan fingerprint density at radius 2 is 2.15 bits per heavy atom. The van der Waals surface area contributed by atoms with Crippen LogP contribution in [-0.4, -0.2) is 27.6 Å². The highest BCUT2D eigenvalue weighted by molar-refractivity contribution is 5.72. The zero-order valence-electron chi connectivity index (χ0n) is 12.1. The number of pyridine rings is 1. The van der Waals surface area contributed by atoms with Gasteiger partial charge in [-0.1, -0.05) is 6.92 Å². The minimum atomic E-state index is 0.245. The van der Waals surface area contributed by atoms with Crippen LogP contribution in [0.15, 0.2) is 18.3 Å². The fourth-order valence-electron chi connectivity index (χ4n) is 3.62. The van der Waals surface area contributed by atoms with E-state index in [9.17, 15) is 0 Å². The molecule has 3 heterocycles. The lowest BCUT2D eigenvalue weighted by atomic mass is 9.76. The van der Waals surface area contributed by atoms with E-state index in [1.54, 1.807) is 0 Å². The number of hydrogen-bond acceptors (Lipinski definition) is 3. The molecule has 0 unspecified atom stereocenters. The Kier molecular flexibility index (Phi) is 2.81. The summed E-state index contributed by atoms with van der Waals surface area (Å²) in [7, 11) is 0. The number of aromatic nitrogens is 3. The van der Waals surface area contributed by atoms with E-state index in [2.05, 4.69) is 27.9 Å². The van der Waals surface area contributed by atoms with E-state index in [4.69, 9.17) is 4.98 Å². The van der Waals surface area contributed by atoms with Gasteiger partial charge in [0.1, 0.15) is 11.3 Å². The second kappa shape index (κ2) is 4.55. The molecule has 106 valence electrons. The van der Waals surface area contributed by atoms with Gasteiger partial charge in [0.15, 0.2) is 5.65 Å². The molecule has 1 saturated heterocycles. The summed E-state index contributed by atoms with van der Waals surface area (Å²) < 4.78 is 2.46. The largest absolute Gasteiger partial charge is 0.317 e. The van der Waals surface area contributed by atoms with Crippen molar-refractivity contribution in [1.82, 2.24) is 19.9 Å². The second-order valence-electron chi connectivity index (χ2n) is 6.27. The van der Waals surface area contributed by atoms with Crippen molar-refractivity contribution in [1.29, 1.82) is 0 Å². The van der Waals surface area contributed by atoms with Crippen molar-refractivity contribution < 1.29 is 0 Å². The Morgan fingerprint density at radius 1 is 1.35 bits per heavy atom. The number of hydrogen-bond donors (Lipinski definition) is 1. The van der Waals surface area contributed by atoms with Gasteiger partial charge in [-0.15, -0.1) is 0 Å². The van der Waals surface area contributed by atoms with E-state index in [1.807, 2.05) is 12.3 Å². The number of nitrogens with one attached hydrogen (secondary N) is 1. The third kappa shape index (κ3) is 1.78. The van der Waals surface area contributed by atoms with Crippen LogP contribution >= 0.6 is 0 Å². The van der Waals surface area contributed by atoms with Gasteiger partial charge in [-0.05, 0) is 57.3 Å². The lowest BCUT2D eigenvalue weighted by Crippen LogP contribution is -2.41. The first-order valence-corrected chi connectivity index (χ1v) is 7.88. The number of rotatable bonds is 3. The molecular formula is C16H22N4. The molecule has 4 heteroatoms. The Labute approximate surface area is 119 Å². The van der Waals surface area contributed by atoms with Crippen LogP contribution in [0.2, 0.25) is 0 Å². The van der Waals surface area contributed by atoms with Crippen LogP contribution in [0.4, 0.5) is 0 Å². The van der Waals surface area contributed by atoms with Crippen molar-refractivity contribution in [2.45, 2.75) is 50.5 Å². The Bertz CT molecular complexity index is 620. The molecule has 1 aliphatic carbocycles. The van der Waals surface area contributed by atoms with Gasteiger partial charge < -0.3 is 9.88 Å². The van der Waals surface area contributed by atoms with Crippen LogP contribution in [-0.2, 0) is 5.41 Å². The smallest absolute Gasteiger partial charge is 0.160 e. The number of imidazole rings is 1. The summed E-state index contributed by atoms with van der Waals surface area (Å²) >= 11 is 0. The predicted molar refractivity (Wildman–Crippen MR) is 79.9 cm³/mol. The fourth-order valence-corrected chi connectivity index (χ4v) is 3.62. The van der Waals surface area contributed by atoms with E-state index < -0.39 is 0 Å². The molecule has 20 heavy (non-hydrogen) atoms. The van der Waals surface area contributed by atoms with Crippen LogP contribution in [0.25, 0.3) is 11.2 Å². The van der Waals surface area contributed by atoms with Crippen molar-refractivity contribution in [2.75, 3.05) is 13.1 Å².